The van der Waals surface area contributed by atoms with Gasteiger partial charge in [-0.3, -0.25) is 0 Å². The first-order valence-corrected chi connectivity index (χ1v) is 14.3. The van der Waals surface area contributed by atoms with Crippen molar-refractivity contribution in [3.8, 4) is 0 Å². The van der Waals surface area contributed by atoms with Crippen molar-refractivity contribution < 1.29 is 56.9 Å². The van der Waals surface area contributed by atoms with Crippen LogP contribution in [0.3, 0.4) is 0 Å². The Morgan fingerprint density at radius 1 is 0.900 bits per heavy atom. The summed E-state index contributed by atoms with van der Waals surface area (Å²) in [7, 11) is 0. The van der Waals surface area contributed by atoms with Crippen molar-refractivity contribution >= 4 is 22.7 Å². The Labute approximate surface area is 210 Å². The zero-order valence-electron chi connectivity index (χ0n) is 16.7. The molecule has 1 unspecified atom stereocenters. The molecule has 1 nitrogen and oxygen atoms in total. The quantitative estimate of drug-likeness (QED) is 0.354. The molecule has 30 heavy (non-hydrogen) atoms. The monoisotopic (exact) mass is 687 g/mol. The van der Waals surface area contributed by atoms with Crippen molar-refractivity contribution in [2.75, 3.05) is 0 Å². The number of para-hydroxylation sites is 1. The average Bonchev–Trinajstić information content (AvgIpc) is 3.45. The molecule has 1 aromatic heterocycles. The molecule has 0 aliphatic heterocycles. The normalized spacial score (nSPS) is 18.6. The van der Waals surface area contributed by atoms with Crippen LogP contribution >= 0.6 is 0 Å². The number of aryl methyl sites for hydroxylation is 1. The first-order chi connectivity index (χ1) is 13.9. The maximum absolute atomic E-state index is 2.68. The van der Waals surface area contributed by atoms with E-state index in [2.05, 4.69) is 77.4 Å². The van der Waals surface area contributed by atoms with E-state index in [0.29, 0.717) is 3.67 Å². The number of hydrogen-bond acceptors (Lipinski definition) is 0. The van der Waals surface area contributed by atoms with Crippen LogP contribution in [0.4, 0.5) is 0 Å². The zero-order chi connectivity index (χ0) is 18.5. The Morgan fingerprint density at radius 2 is 1.70 bits per heavy atom. The maximum Gasteiger partial charge on any atom is -1.00 e. The summed E-state index contributed by atoms with van der Waals surface area (Å²) in [4.78, 5) is 0. The van der Waals surface area contributed by atoms with Gasteiger partial charge in [0.2, 0.25) is 0 Å². The van der Waals surface area contributed by atoms with E-state index in [4.69, 9.17) is 0 Å². The molecule has 0 saturated carbocycles. The minimum absolute atomic E-state index is 0. The van der Waals surface area contributed by atoms with Gasteiger partial charge in [-0.15, -0.1) is 0 Å². The molecule has 4 heteroatoms. The Morgan fingerprint density at radius 3 is 2.57 bits per heavy atom. The second-order valence-electron chi connectivity index (χ2n) is 8.08. The van der Waals surface area contributed by atoms with Gasteiger partial charge in [0.25, 0.3) is 0 Å². The molecule has 0 saturated heterocycles. The second-order valence-corrected chi connectivity index (χ2v) is 13.5. The fourth-order valence-electron chi connectivity index (χ4n) is 5.18. The van der Waals surface area contributed by atoms with Crippen LogP contribution in [0.15, 0.2) is 70.1 Å². The van der Waals surface area contributed by atoms with Crippen molar-refractivity contribution in [2.24, 2.45) is 0 Å². The van der Waals surface area contributed by atoms with Crippen molar-refractivity contribution in [2.45, 2.75) is 35.8 Å². The van der Waals surface area contributed by atoms with Crippen molar-refractivity contribution in [1.29, 1.82) is 0 Å². The summed E-state index contributed by atoms with van der Waals surface area (Å²) < 4.78 is 5.08. The Balaban J connectivity index is 0.00000109. The van der Waals surface area contributed by atoms with Gasteiger partial charge in [0.05, 0.1) is 0 Å². The molecule has 0 spiro atoms. The van der Waals surface area contributed by atoms with Crippen molar-refractivity contribution in [3.05, 3.63) is 92.5 Å². The summed E-state index contributed by atoms with van der Waals surface area (Å²) >= 11 is -1.00. The molecule has 0 amide bonds. The fraction of sp³-hybridized carbons (Fsp3) is 0.231. The molecular formula is C26H23Br2HfN. The molecule has 1 heterocycles. The minimum atomic E-state index is -1.00. The smallest absolute Gasteiger partial charge is 1.00 e. The summed E-state index contributed by atoms with van der Waals surface area (Å²) in [5.41, 5.74) is 9.24. The largest absolute Gasteiger partial charge is 1.00 e. The van der Waals surface area contributed by atoms with E-state index in [1.807, 2.05) is 0 Å². The molecule has 1 atom stereocenters. The van der Waals surface area contributed by atoms with E-state index in [9.17, 15) is 0 Å². The summed E-state index contributed by atoms with van der Waals surface area (Å²) in [6, 6.07) is 18.3. The summed E-state index contributed by atoms with van der Waals surface area (Å²) in [6.45, 7) is 0. The summed E-state index contributed by atoms with van der Waals surface area (Å²) in [5, 5.41) is 1.49. The molecule has 0 N–H and O–H groups in total. The first-order valence-electron chi connectivity index (χ1n) is 10.4. The van der Waals surface area contributed by atoms with Crippen LogP contribution in [0.2, 0.25) is 0 Å². The number of benzene rings is 2. The molecule has 150 valence electrons. The number of aromatic nitrogens is 1. The molecule has 0 bridgehead atoms. The number of rotatable bonds is 3. The minimum Gasteiger partial charge on any atom is -1.00 e. The van der Waals surface area contributed by atoms with Gasteiger partial charge in [0, 0.05) is 0 Å². The molecule has 6 rings (SSSR count). The number of halogens is 2. The van der Waals surface area contributed by atoms with E-state index < -0.39 is 22.9 Å². The van der Waals surface area contributed by atoms with Crippen molar-refractivity contribution in [3.63, 3.8) is 0 Å². The van der Waals surface area contributed by atoms with Crippen LogP contribution in [-0.4, -0.2) is 4.57 Å². The van der Waals surface area contributed by atoms with Gasteiger partial charge in [0.1, 0.15) is 0 Å². The number of allylic oxidation sites excluding steroid dienone is 5. The van der Waals surface area contributed by atoms with E-state index >= 15 is 0 Å². The van der Waals surface area contributed by atoms with Gasteiger partial charge in [-0.25, -0.2) is 0 Å². The van der Waals surface area contributed by atoms with E-state index in [1.54, 1.807) is 25.8 Å². The van der Waals surface area contributed by atoms with Crippen LogP contribution in [0, 0.1) is 0 Å². The third-order valence-electron chi connectivity index (χ3n) is 6.44. The standard InChI is InChI=1S/C21H18N.C5H5.2BrH.Hf/c1-2-8-16-14-17(13-15(16)7-1)22-20-11-5-3-9-18(20)19-10-4-6-12-21(19)22;1-2-4-5-3-1;;;/h1-3,5,7-9,11,13-14H,4,6,10,12H2;1-3H,4H2;2*1H;/q;;;;+2/p-2. The van der Waals surface area contributed by atoms with Gasteiger partial charge >= 0.3 is 178 Å². The molecule has 3 aromatic rings. The summed E-state index contributed by atoms with van der Waals surface area (Å²) in [6.07, 6.45) is 15.8. The fourth-order valence-corrected chi connectivity index (χ4v) is 10.9. The topological polar surface area (TPSA) is 4.93 Å². The first kappa shape index (κ1) is 22.2. The predicted molar refractivity (Wildman–Crippen MR) is 114 cm³/mol. The molecule has 0 radical (unpaired) electrons. The van der Waals surface area contributed by atoms with Crippen LogP contribution < -0.4 is 34.0 Å². The number of nitrogens with zero attached hydrogens (tertiary/aromatic N) is 1. The predicted octanol–water partition coefficient (Wildman–Crippen LogP) is 0.507. The Hall–Kier alpha value is -0.970. The van der Waals surface area contributed by atoms with Gasteiger partial charge in [-0.1, -0.05) is 0 Å². The van der Waals surface area contributed by atoms with E-state index in [-0.39, 0.29) is 34.0 Å². The van der Waals surface area contributed by atoms with Gasteiger partial charge in [-0.05, 0) is 0 Å². The van der Waals surface area contributed by atoms with Gasteiger partial charge in [0.15, 0.2) is 0 Å². The molecular weight excluding hydrogens is 665 g/mol. The van der Waals surface area contributed by atoms with Crippen LogP contribution in [0.1, 0.15) is 45.3 Å². The zero-order valence-corrected chi connectivity index (χ0v) is 23.5. The van der Waals surface area contributed by atoms with Gasteiger partial charge < -0.3 is 34.0 Å². The SMILES string of the molecule is C1=CC[C]([Hf+2][CH]2C(n3c4c(c5ccccc53)CCCC4)=Cc3ccccc32)=C1.[Br-].[Br-]. The van der Waals surface area contributed by atoms with Gasteiger partial charge in [-0.2, -0.15) is 0 Å². The average molecular weight is 688 g/mol. The number of hydrogen-bond donors (Lipinski definition) is 0. The Bertz CT molecular complexity index is 1180. The molecule has 3 aliphatic carbocycles. The molecule has 3 aliphatic rings. The van der Waals surface area contributed by atoms with Crippen LogP contribution in [-0.2, 0) is 35.7 Å². The van der Waals surface area contributed by atoms with Crippen molar-refractivity contribution in [1.82, 2.24) is 4.57 Å². The maximum atomic E-state index is 2.68. The second kappa shape index (κ2) is 9.26. The molecule has 2 aromatic carbocycles. The van der Waals surface area contributed by atoms with Crippen LogP contribution in [0.25, 0.3) is 22.7 Å². The third kappa shape index (κ3) is 3.63. The van der Waals surface area contributed by atoms with Crippen LogP contribution in [0.5, 0.6) is 0 Å². The number of fused-ring (bicyclic) bond motifs is 4. The van der Waals surface area contributed by atoms with E-state index in [1.165, 1.54) is 48.6 Å². The Kier molecular flexibility index (Phi) is 6.86. The molecule has 0 fully saturated rings. The van der Waals surface area contributed by atoms with E-state index in [0.717, 1.165) is 0 Å². The summed E-state index contributed by atoms with van der Waals surface area (Å²) in [5.74, 6) is 0. The third-order valence-corrected chi connectivity index (χ3v) is 12.3.